The summed E-state index contributed by atoms with van der Waals surface area (Å²) < 4.78 is 5.34. The van der Waals surface area contributed by atoms with Gasteiger partial charge in [0, 0.05) is 43.9 Å². The number of rotatable bonds is 5. The fourth-order valence-corrected chi connectivity index (χ4v) is 4.54. The van der Waals surface area contributed by atoms with Crippen LogP contribution in [0.1, 0.15) is 35.1 Å². The number of amides is 1. The molecular weight excluding hydrogens is 426 g/mol. The standard InChI is InChI=1S/C22H21N7O2S/c30-22(17-12-16(25-26-17)18-2-1-11-32-18)29-9-7-28(8-10-29)19-6-5-15(13-23-19)20-24-21(31-27-20)14-3-4-14/h1-2,5-6,11-14H,3-4,7-10H2,(H,25,26). The maximum Gasteiger partial charge on any atom is 0.274 e. The third-order valence-corrected chi connectivity index (χ3v) is 6.75. The van der Waals surface area contributed by atoms with Crippen molar-refractivity contribution in [2.24, 2.45) is 0 Å². The van der Waals surface area contributed by atoms with Gasteiger partial charge in [0.25, 0.3) is 5.91 Å². The zero-order chi connectivity index (χ0) is 21.5. The molecule has 0 spiro atoms. The van der Waals surface area contributed by atoms with E-state index in [0.29, 0.717) is 43.6 Å². The number of carbonyl (C=O) groups excluding carboxylic acids is 1. The van der Waals surface area contributed by atoms with Crippen LogP contribution >= 0.6 is 11.3 Å². The minimum absolute atomic E-state index is 0.0458. The Bertz CT molecular complexity index is 1220. The summed E-state index contributed by atoms with van der Waals surface area (Å²) in [5.74, 6) is 2.58. The Morgan fingerprint density at radius 2 is 2.03 bits per heavy atom. The van der Waals surface area contributed by atoms with Gasteiger partial charge in [-0.05, 0) is 42.5 Å². The van der Waals surface area contributed by atoms with E-state index < -0.39 is 0 Å². The van der Waals surface area contributed by atoms with Crippen molar-refractivity contribution in [1.29, 1.82) is 0 Å². The van der Waals surface area contributed by atoms with Crippen molar-refractivity contribution >= 4 is 23.1 Å². The van der Waals surface area contributed by atoms with Gasteiger partial charge in [-0.2, -0.15) is 10.1 Å². The molecule has 0 bridgehead atoms. The quantitative estimate of drug-likeness (QED) is 0.500. The van der Waals surface area contributed by atoms with Crippen molar-refractivity contribution in [3.63, 3.8) is 0 Å². The molecule has 162 valence electrons. The van der Waals surface area contributed by atoms with Crippen LogP contribution in [0.3, 0.4) is 0 Å². The molecule has 4 aromatic rings. The number of thiophene rings is 1. The largest absolute Gasteiger partial charge is 0.353 e. The molecule has 1 amide bonds. The zero-order valence-electron chi connectivity index (χ0n) is 17.3. The van der Waals surface area contributed by atoms with Crippen LogP contribution in [0.2, 0.25) is 0 Å². The number of hydrogen-bond donors (Lipinski definition) is 1. The van der Waals surface area contributed by atoms with Gasteiger partial charge in [-0.3, -0.25) is 9.89 Å². The molecule has 0 radical (unpaired) electrons. The molecule has 4 aromatic heterocycles. The molecule has 32 heavy (non-hydrogen) atoms. The highest BCUT2D eigenvalue weighted by Crippen LogP contribution is 2.39. The van der Waals surface area contributed by atoms with Gasteiger partial charge < -0.3 is 14.3 Å². The molecule has 5 heterocycles. The van der Waals surface area contributed by atoms with Crippen LogP contribution in [0.4, 0.5) is 5.82 Å². The predicted molar refractivity (Wildman–Crippen MR) is 120 cm³/mol. The topological polar surface area (TPSA) is 104 Å². The van der Waals surface area contributed by atoms with Gasteiger partial charge in [0.05, 0.1) is 10.6 Å². The van der Waals surface area contributed by atoms with E-state index in [9.17, 15) is 4.79 Å². The van der Waals surface area contributed by atoms with Gasteiger partial charge in [-0.25, -0.2) is 4.98 Å². The second kappa shape index (κ2) is 7.86. The third-order valence-electron chi connectivity index (χ3n) is 5.85. The number of aromatic nitrogens is 5. The number of hydrogen-bond acceptors (Lipinski definition) is 8. The normalized spacial score (nSPS) is 16.5. The Morgan fingerprint density at radius 3 is 2.75 bits per heavy atom. The van der Waals surface area contributed by atoms with E-state index in [4.69, 9.17) is 4.52 Å². The molecular formula is C22H21N7O2S. The number of aromatic amines is 1. The van der Waals surface area contributed by atoms with Gasteiger partial charge in [0.2, 0.25) is 11.7 Å². The smallest absolute Gasteiger partial charge is 0.274 e. The molecule has 6 rings (SSSR count). The third kappa shape index (κ3) is 3.66. The molecule has 1 aliphatic heterocycles. The lowest BCUT2D eigenvalue weighted by Crippen LogP contribution is -2.49. The first-order valence-electron chi connectivity index (χ1n) is 10.7. The summed E-state index contributed by atoms with van der Waals surface area (Å²) in [7, 11) is 0. The van der Waals surface area contributed by atoms with Crippen LogP contribution in [-0.4, -0.2) is 62.3 Å². The van der Waals surface area contributed by atoms with Gasteiger partial charge in [-0.1, -0.05) is 11.2 Å². The van der Waals surface area contributed by atoms with E-state index in [1.165, 1.54) is 0 Å². The molecule has 1 aliphatic carbocycles. The monoisotopic (exact) mass is 447 g/mol. The fourth-order valence-electron chi connectivity index (χ4n) is 3.84. The van der Waals surface area contributed by atoms with E-state index in [1.54, 1.807) is 17.5 Å². The minimum Gasteiger partial charge on any atom is -0.353 e. The van der Waals surface area contributed by atoms with Crippen LogP contribution < -0.4 is 4.90 Å². The molecule has 1 saturated carbocycles. The van der Waals surface area contributed by atoms with Crippen molar-refractivity contribution < 1.29 is 9.32 Å². The number of pyridine rings is 1. The van der Waals surface area contributed by atoms with E-state index in [1.807, 2.05) is 40.6 Å². The summed E-state index contributed by atoms with van der Waals surface area (Å²) in [5, 5.41) is 13.3. The zero-order valence-corrected chi connectivity index (χ0v) is 18.1. The molecule has 0 unspecified atom stereocenters. The van der Waals surface area contributed by atoms with Gasteiger partial charge in [0.15, 0.2) is 5.69 Å². The van der Waals surface area contributed by atoms with Crippen LogP contribution in [0.15, 0.2) is 46.4 Å². The second-order valence-corrected chi connectivity index (χ2v) is 9.01. The summed E-state index contributed by atoms with van der Waals surface area (Å²) in [6, 6.07) is 9.76. The van der Waals surface area contributed by atoms with Crippen LogP contribution in [0, 0.1) is 0 Å². The molecule has 1 N–H and O–H groups in total. The lowest BCUT2D eigenvalue weighted by atomic mass is 10.2. The number of carbonyl (C=O) groups is 1. The van der Waals surface area contributed by atoms with Crippen molar-refractivity contribution in [2.75, 3.05) is 31.1 Å². The number of nitrogens with zero attached hydrogens (tertiary/aromatic N) is 6. The SMILES string of the molecule is O=C(c1cc(-c2cccs2)[nH]n1)N1CCN(c2ccc(-c3noc(C4CC4)n3)cn2)CC1. The number of nitrogens with one attached hydrogen (secondary N) is 1. The number of piperazine rings is 1. The molecule has 0 aromatic carbocycles. The van der Waals surface area contributed by atoms with Crippen molar-refractivity contribution in [3.05, 3.63) is 53.5 Å². The van der Waals surface area contributed by atoms with E-state index >= 15 is 0 Å². The Morgan fingerprint density at radius 1 is 1.16 bits per heavy atom. The predicted octanol–water partition coefficient (Wildman–Crippen LogP) is 3.42. The summed E-state index contributed by atoms with van der Waals surface area (Å²) in [5.41, 5.74) is 2.17. The summed E-state index contributed by atoms with van der Waals surface area (Å²) >= 11 is 1.62. The highest BCUT2D eigenvalue weighted by atomic mass is 32.1. The lowest BCUT2D eigenvalue weighted by Gasteiger charge is -2.35. The average Bonchev–Trinajstić information content (AvgIpc) is 3.26. The summed E-state index contributed by atoms with van der Waals surface area (Å²) in [4.78, 5) is 27.0. The van der Waals surface area contributed by atoms with E-state index in [0.717, 1.165) is 40.7 Å². The lowest BCUT2D eigenvalue weighted by molar-refractivity contribution is 0.0740. The molecule has 0 atom stereocenters. The average molecular weight is 448 g/mol. The maximum absolute atomic E-state index is 12.9. The Balaban J connectivity index is 1.08. The van der Waals surface area contributed by atoms with Crippen molar-refractivity contribution in [1.82, 2.24) is 30.2 Å². The molecule has 1 saturated heterocycles. The molecule has 2 fully saturated rings. The van der Waals surface area contributed by atoms with Crippen LogP contribution in [-0.2, 0) is 0 Å². The van der Waals surface area contributed by atoms with Crippen molar-refractivity contribution in [3.8, 4) is 22.0 Å². The number of anilines is 1. The fraction of sp³-hybridized carbons (Fsp3) is 0.318. The van der Waals surface area contributed by atoms with Gasteiger partial charge in [0.1, 0.15) is 5.82 Å². The van der Waals surface area contributed by atoms with Crippen LogP contribution in [0.5, 0.6) is 0 Å². The first-order valence-corrected chi connectivity index (χ1v) is 11.6. The summed E-state index contributed by atoms with van der Waals surface area (Å²) in [6.07, 6.45) is 4.04. The first kappa shape index (κ1) is 19.2. The highest BCUT2D eigenvalue weighted by Gasteiger charge is 2.30. The minimum atomic E-state index is -0.0458. The second-order valence-electron chi connectivity index (χ2n) is 8.06. The Hall–Kier alpha value is -3.53. The first-order chi connectivity index (χ1) is 15.7. The van der Waals surface area contributed by atoms with E-state index in [-0.39, 0.29) is 5.91 Å². The Kier molecular flexibility index (Phi) is 4.71. The number of H-pyrrole nitrogens is 1. The van der Waals surface area contributed by atoms with Crippen LogP contribution in [0.25, 0.3) is 22.0 Å². The molecule has 9 nitrogen and oxygen atoms in total. The molecule has 10 heteroatoms. The van der Waals surface area contributed by atoms with Gasteiger partial charge in [-0.15, -0.1) is 11.3 Å². The van der Waals surface area contributed by atoms with Gasteiger partial charge >= 0.3 is 0 Å². The van der Waals surface area contributed by atoms with Crippen molar-refractivity contribution in [2.45, 2.75) is 18.8 Å². The maximum atomic E-state index is 12.9. The molecule has 2 aliphatic rings. The summed E-state index contributed by atoms with van der Waals surface area (Å²) in [6.45, 7) is 2.68. The Labute approximate surface area is 188 Å². The highest BCUT2D eigenvalue weighted by molar-refractivity contribution is 7.13. The van der Waals surface area contributed by atoms with E-state index in [2.05, 4.69) is 30.2 Å².